The third kappa shape index (κ3) is 3.47. The molecule has 0 fully saturated rings. The minimum absolute atomic E-state index is 0.121. The highest BCUT2D eigenvalue weighted by Gasteiger charge is 2.19. The molecule has 0 unspecified atom stereocenters. The maximum Gasteiger partial charge on any atom is 0.161 e. The first-order chi connectivity index (χ1) is 13.5. The molecule has 0 radical (unpaired) electrons. The number of aromatic nitrogens is 1. The van der Waals surface area contributed by atoms with Crippen LogP contribution in [0.4, 0.5) is 10.2 Å². The lowest BCUT2D eigenvalue weighted by molar-refractivity contribution is 0.311. The molecule has 0 atom stereocenters. The van der Waals surface area contributed by atoms with Crippen LogP contribution in [0.5, 0.6) is 11.5 Å². The molecule has 3 aromatic rings. The fourth-order valence-electron chi connectivity index (χ4n) is 3.15. The first-order valence-electron chi connectivity index (χ1n) is 8.77. The Balaban J connectivity index is 2.25. The number of hydrogen-bond acceptors (Lipinski definition) is 5. The molecule has 0 aliphatic heterocycles. The SMILES string of the molecule is CCOc1ccc(-c2c(C)c(-c3ccc(F)cc3)nc(N)c2C#N)cc1OC. The quantitative estimate of drug-likeness (QED) is 0.695. The second kappa shape index (κ2) is 7.97. The molecular weight excluding hydrogens is 357 g/mol. The van der Waals surface area contributed by atoms with Crippen molar-refractivity contribution in [2.24, 2.45) is 0 Å². The van der Waals surface area contributed by atoms with Gasteiger partial charge in [0.2, 0.25) is 0 Å². The largest absolute Gasteiger partial charge is 0.493 e. The zero-order valence-corrected chi connectivity index (χ0v) is 15.9. The maximum absolute atomic E-state index is 13.3. The third-order valence-electron chi connectivity index (χ3n) is 4.45. The van der Waals surface area contributed by atoms with E-state index < -0.39 is 0 Å². The molecule has 28 heavy (non-hydrogen) atoms. The van der Waals surface area contributed by atoms with Gasteiger partial charge in [0.05, 0.1) is 19.4 Å². The number of nitrogen functional groups attached to an aromatic ring is 1. The Bertz CT molecular complexity index is 1060. The van der Waals surface area contributed by atoms with Crippen molar-refractivity contribution in [2.75, 3.05) is 19.5 Å². The number of benzene rings is 2. The molecule has 1 aromatic heterocycles. The van der Waals surface area contributed by atoms with Gasteiger partial charge in [-0.15, -0.1) is 0 Å². The summed E-state index contributed by atoms with van der Waals surface area (Å²) < 4.78 is 24.3. The van der Waals surface area contributed by atoms with Gasteiger partial charge in [0.15, 0.2) is 11.5 Å². The maximum atomic E-state index is 13.3. The summed E-state index contributed by atoms with van der Waals surface area (Å²) in [5.74, 6) is 0.960. The average molecular weight is 377 g/mol. The molecule has 0 spiro atoms. The number of methoxy groups -OCH3 is 1. The molecular formula is C22H20FN3O2. The first-order valence-corrected chi connectivity index (χ1v) is 8.77. The summed E-state index contributed by atoms with van der Waals surface area (Å²) in [4.78, 5) is 4.40. The van der Waals surface area contributed by atoms with Crippen molar-refractivity contribution in [1.29, 1.82) is 5.26 Å². The highest BCUT2D eigenvalue weighted by molar-refractivity contribution is 5.85. The van der Waals surface area contributed by atoms with Gasteiger partial charge in [-0.2, -0.15) is 5.26 Å². The minimum Gasteiger partial charge on any atom is -0.493 e. The Morgan fingerprint density at radius 1 is 1.11 bits per heavy atom. The van der Waals surface area contributed by atoms with E-state index in [1.807, 2.05) is 26.0 Å². The minimum atomic E-state index is -0.334. The van der Waals surface area contributed by atoms with E-state index in [0.29, 0.717) is 34.9 Å². The summed E-state index contributed by atoms with van der Waals surface area (Å²) in [7, 11) is 1.56. The van der Waals surface area contributed by atoms with Gasteiger partial charge in [0.25, 0.3) is 0 Å². The molecule has 0 saturated carbocycles. The van der Waals surface area contributed by atoms with Crippen molar-refractivity contribution in [3.05, 3.63) is 59.4 Å². The smallest absolute Gasteiger partial charge is 0.161 e. The lowest BCUT2D eigenvalue weighted by Gasteiger charge is -2.17. The van der Waals surface area contributed by atoms with Crippen LogP contribution in [0.3, 0.4) is 0 Å². The van der Waals surface area contributed by atoms with Gasteiger partial charge in [0.1, 0.15) is 23.3 Å². The van der Waals surface area contributed by atoms with Gasteiger partial charge in [-0.3, -0.25) is 0 Å². The Labute approximate surface area is 163 Å². The van der Waals surface area contributed by atoms with Gasteiger partial charge >= 0.3 is 0 Å². The molecule has 0 saturated heterocycles. The zero-order valence-electron chi connectivity index (χ0n) is 15.9. The fraction of sp³-hybridized carbons (Fsp3) is 0.182. The van der Waals surface area contributed by atoms with Crippen LogP contribution in [0.1, 0.15) is 18.1 Å². The van der Waals surface area contributed by atoms with Crippen molar-refractivity contribution in [1.82, 2.24) is 4.98 Å². The molecule has 0 bridgehead atoms. The normalized spacial score (nSPS) is 10.4. The summed E-state index contributed by atoms with van der Waals surface area (Å²) in [5, 5.41) is 9.67. The van der Waals surface area contributed by atoms with Crippen LogP contribution < -0.4 is 15.2 Å². The van der Waals surface area contributed by atoms with Crippen LogP contribution in [-0.2, 0) is 0 Å². The van der Waals surface area contributed by atoms with Crippen LogP contribution in [0.25, 0.3) is 22.4 Å². The molecule has 1 heterocycles. The molecule has 3 rings (SSSR count). The van der Waals surface area contributed by atoms with E-state index in [-0.39, 0.29) is 17.2 Å². The van der Waals surface area contributed by atoms with E-state index in [1.54, 1.807) is 25.3 Å². The fourth-order valence-corrected chi connectivity index (χ4v) is 3.15. The Hall–Kier alpha value is -3.59. The van der Waals surface area contributed by atoms with Crippen LogP contribution in [0.15, 0.2) is 42.5 Å². The molecule has 5 nitrogen and oxygen atoms in total. The third-order valence-corrected chi connectivity index (χ3v) is 4.45. The summed E-state index contributed by atoms with van der Waals surface area (Å²) in [6, 6.07) is 13.6. The highest BCUT2D eigenvalue weighted by atomic mass is 19.1. The van der Waals surface area contributed by atoms with Gasteiger partial charge < -0.3 is 15.2 Å². The molecule has 0 aliphatic rings. The number of nitrogens with two attached hydrogens (primary N) is 1. The molecule has 2 N–H and O–H groups in total. The predicted molar refractivity (Wildman–Crippen MR) is 107 cm³/mol. The predicted octanol–water partition coefficient (Wildman–Crippen LogP) is 4.72. The van der Waals surface area contributed by atoms with E-state index >= 15 is 0 Å². The Morgan fingerprint density at radius 2 is 1.79 bits per heavy atom. The summed E-state index contributed by atoms with van der Waals surface area (Å²) in [6.07, 6.45) is 0. The number of halogens is 1. The highest BCUT2D eigenvalue weighted by Crippen LogP contribution is 2.39. The van der Waals surface area contributed by atoms with Crippen molar-refractivity contribution in [3.8, 4) is 40.0 Å². The molecule has 0 aliphatic carbocycles. The van der Waals surface area contributed by atoms with Crippen LogP contribution in [0.2, 0.25) is 0 Å². The van der Waals surface area contributed by atoms with E-state index in [4.69, 9.17) is 15.2 Å². The van der Waals surface area contributed by atoms with Crippen LogP contribution in [-0.4, -0.2) is 18.7 Å². The van der Waals surface area contributed by atoms with Gasteiger partial charge in [0, 0.05) is 11.1 Å². The molecule has 2 aromatic carbocycles. The van der Waals surface area contributed by atoms with Gasteiger partial charge in [-0.25, -0.2) is 9.37 Å². The van der Waals surface area contributed by atoms with Crippen molar-refractivity contribution in [2.45, 2.75) is 13.8 Å². The topological polar surface area (TPSA) is 81.2 Å². The summed E-state index contributed by atoms with van der Waals surface area (Å²) >= 11 is 0. The standard InChI is InChI=1S/C22H20FN3O2/c1-4-28-18-10-7-15(11-19(18)27-3)20-13(2)21(26-22(25)17(20)12-24)14-5-8-16(23)9-6-14/h5-11H,4H2,1-3H3,(H2,25,26). The van der Waals surface area contributed by atoms with Gasteiger partial charge in [-0.05, 0) is 61.4 Å². The van der Waals surface area contributed by atoms with E-state index in [0.717, 1.165) is 11.1 Å². The summed E-state index contributed by atoms with van der Waals surface area (Å²) in [5.41, 5.74) is 9.88. The number of pyridine rings is 1. The lowest BCUT2D eigenvalue weighted by Crippen LogP contribution is -2.04. The van der Waals surface area contributed by atoms with Crippen molar-refractivity contribution < 1.29 is 13.9 Å². The van der Waals surface area contributed by atoms with E-state index in [9.17, 15) is 9.65 Å². The van der Waals surface area contributed by atoms with Crippen LogP contribution in [0, 0.1) is 24.1 Å². The number of anilines is 1. The first kappa shape index (κ1) is 19.2. The van der Waals surface area contributed by atoms with E-state index in [2.05, 4.69) is 11.1 Å². The molecule has 0 amide bonds. The monoisotopic (exact) mass is 377 g/mol. The molecule has 142 valence electrons. The number of rotatable bonds is 5. The Kier molecular flexibility index (Phi) is 5.46. The number of hydrogen-bond donors (Lipinski definition) is 1. The average Bonchev–Trinajstić information content (AvgIpc) is 2.70. The van der Waals surface area contributed by atoms with Crippen molar-refractivity contribution >= 4 is 5.82 Å². The number of ether oxygens (including phenoxy) is 2. The van der Waals surface area contributed by atoms with Crippen molar-refractivity contribution in [3.63, 3.8) is 0 Å². The van der Waals surface area contributed by atoms with Crippen LogP contribution >= 0.6 is 0 Å². The van der Waals surface area contributed by atoms with E-state index in [1.165, 1.54) is 12.1 Å². The second-order valence-electron chi connectivity index (χ2n) is 6.14. The number of nitrogens with zero attached hydrogens (tertiary/aromatic N) is 2. The molecule has 6 heteroatoms. The lowest BCUT2D eigenvalue weighted by atomic mass is 9.92. The zero-order chi connectivity index (χ0) is 20.3. The second-order valence-corrected chi connectivity index (χ2v) is 6.14. The summed E-state index contributed by atoms with van der Waals surface area (Å²) in [6.45, 7) is 4.27. The Morgan fingerprint density at radius 3 is 2.39 bits per heavy atom. The number of nitriles is 1. The van der Waals surface area contributed by atoms with Gasteiger partial charge in [-0.1, -0.05) is 6.07 Å².